The van der Waals surface area contributed by atoms with Gasteiger partial charge < -0.3 is 10.5 Å². The number of nitrogens with two attached hydrogens (primary N) is 1. The van der Waals surface area contributed by atoms with Crippen molar-refractivity contribution in [1.29, 1.82) is 0 Å². The zero-order valence-corrected chi connectivity index (χ0v) is 13.1. The number of nitrogens with one attached hydrogen (secondary N) is 1. The van der Waals surface area contributed by atoms with Crippen molar-refractivity contribution >= 4 is 33.0 Å². The summed E-state index contributed by atoms with van der Waals surface area (Å²) in [6.07, 6.45) is 0. The van der Waals surface area contributed by atoms with Crippen molar-refractivity contribution in [2.45, 2.75) is 11.8 Å². The normalized spacial score (nSPS) is 11.2. The Morgan fingerprint density at radius 1 is 1.19 bits per heavy atom. The number of benzene rings is 2. The molecular formula is C14H15ClN2O3S. The van der Waals surface area contributed by atoms with Gasteiger partial charge in [-0.1, -0.05) is 11.6 Å². The lowest BCUT2D eigenvalue weighted by Gasteiger charge is -2.11. The van der Waals surface area contributed by atoms with E-state index in [0.717, 1.165) is 5.56 Å². The first-order chi connectivity index (χ1) is 9.83. The number of hydrogen-bond acceptors (Lipinski definition) is 4. The summed E-state index contributed by atoms with van der Waals surface area (Å²) in [5, 5.41) is 0.314. The molecule has 0 bridgehead atoms. The standard InChI is InChI=1S/C14H15ClN2O3S/c1-9-7-10(3-6-14(9)20-2)17-21(18,19)11-4-5-12(15)13(16)8-11/h3-8,17H,16H2,1-2H3. The highest BCUT2D eigenvalue weighted by Crippen LogP contribution is 2.26. The highest BCUT2D eigenvalue weighted by atomic mass is 35.5. The van der Waals surface area contributed by atoms with E-state index in [4.69, 9.17) is 22.1 Å². The van der Waals surface area contributed by atoms with Gasteiger partial charge in [0.25, 0.3) is 10.0 Å². The first-order valence-corrected chi connectivity index (χ1v) is 7.92. The second kappa shape index (κ2) is 5.83. The second-order valence-corrected chi connectivity index (χ2v) is 6.56. The van der Waals surface area contributed by atoms with Crippen molar-refractivity contribution in [3.05, 3.63) is 47.0 Å². The van der Waals surface area contributed by atoms with Gasteiger partial charge in [0.15, 0.2) is 0 Å². The van der Waals surface area contributed by atoms with E-state index >= 15 is 0 Å². The molecule has 2 aromatic rings. The highest BCUT2D eigenvalue weighted by Gasteiger charge is 2.16. The van der Waals surface area contributed by atoms with Crippen molar-refractivity contribution in [1.82, 2.24) is 0 Å². The smallest absolute Gasteiger partial charge is 0.261 e. The van der Waals surface area contributed by atoms with E-state index in [2.05, 4.69) is 4.72 Å². The summed E-state index contributed by atoms with van der Waals surface area (Å²) in [5.41, 5.74) is 7.12. The van der Waals surface area contributed by atoms with Gasteiger partial charge in [-0.3, -0.25) is 4.72 Å². The predicted octanol–water partition coefficient (Wildman–Crippen LogP) is 3.04. The minimum Gasteiger partial charge on any atom is -0.496 e. The first kappa shape index (κ1) is 15.5. The molecule has 0 aliphatic heterocycles. The Morgan fingerprint density at radius 3 is 2.48 bits per heavy atom. The summed E-state index contributed by atoms with van der Waals surface area (Å²) in [6.45, 7) is 1.83. The molecular weight excluding hydrogens is 312 g/mol. The van der Waals surface area contributed by atoms with Gasteiger partial charge in [0.05, 0.1) is 22.7 Å². The van der Waals surface area contributed by atoms with Gasteiger partial charge in [-0.2, -0.15) is 0 Å². The number of anilines is 2. The number of hydrogen-bond donors (Lipinski definition) is 2. The Balaban J connectivity index is 2.32. The van der Waals surface area contributed by atoms with Crippen LogP contribution in [-0.4, -0.2) is 15.5 Å². The molecule has 0 fully saturated rings. The largest absolute Gasteiger partial charge is 0.496 e. The van der Waals surface area contributed by atoms with E-state index in [1.54, 1.807) is 25.3 Å². The van der Waals surface area contributed by atoms with Crippen molar-refractivity contribution in [2.24, 2.45) is 0 Å². The van der Waals surface area contributed by atoms with E-state index in [1.807, 2.05) is 6.92 Å². The number of aryl methyl sites for hydroxylation is 1. The SMILES string of the molecule is COc1ccc(NS(=O)(=O)c2ccc(Cl)c(N)c2)cc1C. The molecule has 0 amide bonds. The second-order valence-electron chi connectivity index (χ2n) is 4.47. The Labute approximate surface area is 128 Å². The number of methoxy groups -OCH3 is 1. The van der Waals surface area contributed by atoms with Crippen LogP contribution in [0.2, 0.25) is 5.02 Å². The highest BCUT2D eigenvalue weighted by molar-refractivity contribution is 7.92. The maximum absolute atomic E-state index is 12.3. The predicted molar refractivity (Wildman–Crippen MR) is 84.4 cm³/mol. The van der Waals surface area contributed by atoms with Gasteiger partial charge in [-0.15, -0.1) is 0 Å². The van der Waals surface area contributed by atoms with Crippen LogP contribution in [0.3, 0.4) is 0 Å². The zero-order valence-electron chi connectivity index (χ0n) is 11.6. The molecule has 7 heteroatoms. The van der Waals surface area contributed by atoms with Crippen molar-refractivity contribution < 1.29 is 13.2 Å². The van der Waals surface area contributed by atoms with E-state index in [0.29, 0.717) is 16.5 Å². The number of rotatable bonds is 4. The number of halogens is 1. The fourth-order valence-corrected chi connectivity index (χ4v) is 3.05. The molecule has 5 nitrogen and oxygen atoms in total. The molecule has 0 atom stereocenters. The van der Waals surface area contributed by atoms with E-state index in [-0.39, 0.29) is 10.6 Å². The molecule has 0 saturated heterocycles. The summed E-state index contributed by atoms with van der Waals surface area (Å²) < 4.78 is 32.2. The minimum atomic E-state index is -3.72. The third-order valence-electron chi connectivity index (χ3n) is 2.92. The van der Waals surface area contributed by atoms with Crippen LogP contribution < -0.4 is 15.2 Å². The molecule has 21 heavy (non-hydrogen) atoms. The van der Waals surface area contributed by atoms with E-state index < -0.39 is 10.0 Å². The average Bonchev–Trinajstić information content (AvgIpc) is 2.41. The molecule has 0 unspecified atom stereocenters. The maximum Gasteiger partial charge on any atom is 0.261 e. The van der Waals surface area contributed by atoms with Crippen LogP contribution in [0.5, 0.6) is 5.75 Å². The van der Waals surface area contributed by atoms with Gasteiger partial charge in [0, 0.05) is 5.69 Å². The van der Waals surface area contributed by atoms with Gasteiger partial charge in [-0.05, 0) is 48.9 Å². The topological polar surface area (TPSA) is 81.4 Å². The summed E-state index contributed by atoms with van der Waals surface area (Å²) in [5.74, 6) is 0.689. The van der Waals surface area contributed by atoms with Crippen molar-refractivity contribution in [2.75, 3.05) is 17.6 Å². The molecule has 0 aliphatic carbocycles. The zero-order chi connectivity index (χ0) is 15.6. The van der Waals surface area contributed by atoms with Crippen LogP contribution >= 0.6 is 11.6 Å². The van der Waals surface area contributed by atoms with Crippen LogP contribution in [-0.2, 0) is 10.0 Å². The fourth-order valence-electron chi connectivity index (χ4n) is 1.84. The van der Waals surface area contributed by atoms with E-state index in [1.165, 1.54) is 18.2 Å². The quantitative estimate of drug-likeness (QED) is 0.846. The van der Waals surface area contributed by atoms with E-state index in [9.17, 15) is 8.42 Å². The molecule has 0 heterocycles. The van der Waals surface area contributed by atoms with Crippen LogP contribution in [0.1, 0.15) is 5.56 Å². The molecule has 0 radical (unpaired) electrons. The summed E-state index contributed by atoms with van der Waals surface area (Å²) in [6, 6.07) is 9.19. The molecule has 2 aromatic carbocycles. The summed E-state index contributed by atoms with van der Waals surface area (Å²) in [4.78, 5) is 0.0536. The molecule has 2 rings (SSSR count). The summed E-state index contributed by atoms with van der Waals surface area (Å²) in [7, 11) is -2.16. The lowest BCUT2D eigenvalue weighted by Crippen LogP contribution is -2.13. The van der Waals surface area contributed by atoms with Crippen molar-refractivity contribution in [3.8, 4) is 5.75 Å². The molecule has 112 valence electrons. The average molecular weight is 327 g/mol. The third-order valence-corrected chi connectivity index (χ3v) is 4.65. The maximum atomic E-state index is 12.3. The Bertz CT molecular complexity index is 776. The number of nitrogen functional groups attached to an aromatic ring is 1. The van der Waals surface area contributed by atoms with Crippen LogP contribution in [0, 0.1) is 6.92 Å². The molecule has 0 saturated carbocycles. The van der Waals surface area contributed by atoms with Crippen LogP contribution in [0.4, 0.5) is 11.4 Å². The van der Waals surface area contributed by atoms with Gasteiger partial charge >= 0.3 is 0 Å². The fraction of sp³-hybridized carbons (Fsp3) is 0.143. The lowest BCUT2D eigenvalue weighted by molar-refractivity contribution is 0.412. The summed E-state index contributed by atoms with van der Waals surface area (Å²) >= 11 is 5.79. The molecule has 3 N–H and O–H groups in total. The Morgan fingerprint density at radius 2 is 1.90 bits per heavy atom. The molecule has 0 spiro atoms. The lowest BCUT2D eigenvalue weighted by atomic mass is 10.2. The Kier molecular flexibility index (Phi) is 4.29. The number of ether oxygens (including phenoxy) is 1. The van der Waals surface area contributed by atoms with Crippen molar-refractivity contribution in [3.63, 3.8) is 0 Å². The first-order valence-electron chi connectivity index (χ1n) is 6.06. The van der Waals surface area contributed by atoms with Crippen LogP contribution in [0.25, 0.3) is 0 Å². The number of sulfonamides is 1. The molecule has 0 aromatic heterocycles. The van der Waals surface area contributed by atoms with Gasteiger partial charge in [-0.25, -0.2) is 8.42 Å². The third kappa shape index (κ3) is 3.40. The van der Waals surface area contributed by atoms with Gasteiger partial charge in [0.1, 0.15) is 5.75 Å². The molecule has 0 aliphatic rings. The minimum absolute atomic E-state index is 0.0536. The monoisotopic (exact) mass is 326 g/mol. The van der Waals surface area contributed by atoms with Gasteiger partial charge in [0.2, 0.25) is 0 Å². The van der Waals surface area contributed by atoms with Crippen LogP contribution in [0.15, 0.2) is 41.3 Å². The Hall–Kier alpha value is -1.92.